The first-order valence-corrected chi connectivity index (χ1v) is 14.2. The van der Waals surface area contributed by atoms with Crippen molar-refractivity contribution in [3.8, 4) is 0 Å². The van der Waals surface area contributed by atoms with Gasteiger partial charge in [-0.05, 0) is 37.1 Å². The summed E-state index contributed by atoms with van der Waals surface area (Å²) in [5.41, 5.74) is 0.990. The van der Waals surface area contributed by atoms with Gasteiger partial charge in [0.2, 0.25) is 11.0 Å². The summed E-state index contributed by atoms with van der Waals surface area (Å²) >= 11 is 2.69. The molecule has 4 rings (SSSR count). The number of hydrogen-bond acceptors (Lipinski definition) is 10. The van der Waals surface area contributed by atoms with Crippen molar-refractivity contribution in [3.05, 3.63) is 86.8 Å². The van der Waals surface area contributed by atoms with Gasteiger partial charge in [-0.15, -0.1) is 31.7 Å². The molecule has 0 aliphatic carbocycles. The fourth-order valence-electron chi connectivity index (χ4n) is 3.54. The molecule has 0 aliphatic heterocycles. The molecule has 206 valence electrons. The van der Waals surface area contributed by atoms with Crippen LogP contribution in [-0.4, -0.2) is 57.0 Å². The molecule has 0 aliphatic rings. The van der Waals surface area contributed by atoms with E-state index in [4.69, 9.17) is 0 Å². The van der Waals surface area contributed by atoms with E-state index in [1.807, 2.05) is 12.1 Å². The molecule has 0 saturated heterocycles. The number of amides is 3. The molecule has 4 aromatic rings. The van der Waals surface area contributed by atoms with Gasteiger partial charge in [0, 0.05) is 24.0 Å². The second-order valence-corrected chi connectivity index (χ2v) is 10.9. The van der Waals surface area contributed by atoms with Crippen molar-refractivity contribution in [2.24, 2.45) is 0 Å². The van der Waals surface area contributed by atoms with Crippen LogP contribution in [0.25, 0.3) is 0 Å². The van der Waals surface area contributed by atoms with Crippen LogP contribution in [0, 0.1) is 0 Å². The maximum Gasteiger partial charge on any atom is 0.251 e. The van der Waals surface area contributed by atoms with E-state index in [9.17, 15) is 19.2 Å². The zero-order valence-corrected chi connectivity index (χ0v) is 23.1. The average molecular weight is 578 g/mol. The molecule has 2 aromatic heterocycles. The second kappa shape index (κ2) is 14.7. The lowest BCUT2D eigenvalue weighted by atomic mass is 10.2. The zero-order valence-electron chi connectivity index (χ0n) is 21.5. The largest absolute Gasteiger partial charge is 0.345 e. The number of nitrogens with one attached hydrogen (secondary N) is 3. The molecule has 11 nitrogen and oxygen atoms in total. The number of Topliss-reactive ketones (excluding diaryl/α,β-unsaturated/α-hetero) is 1. The molecule has 2 aromatic carbocycles. The zero-order chi connectivity index (χ0) is 28.2. The van der Waals surface area contributed by atoms with E-state index in [2.05, 4.69) is 36.3 Å². The predicted octanol–water partition coefficient (Wildman–Crippen LogP) is 2.87. The molecule has 13 heteroatoms. The summed E-state index contributed by atoms with van der Waals surface area (Å²) in [6.45, 7) is -0.227. The Bertz CT molecular complexity index is 1330. The third-order valence-corrected chi connectivity index (χ3v) is 7.41. The number of ketones is 1. The Kier molecular flexibility index (Phi) is 10.5. The standard InChI is InChI=1S/C27H27N7O4S2/c35-20(16-28-25(37)18-9-3-1-4-10-18)15-24-33-31-22(39-24)13-7-8-14-23-32-34-27(40-23)30-21(36)17-29-26(38)19-11-5-2-6-12-19/h1-6,9-12H,7-8,13-17H2,(H,28,37)(H,29,38)(H,30,34,36). The second-order valence-electron chi connectivity index (χ2n) is 8.66. The van der Waals surface area contributed by atoms with E-state index in [1.165, 1.54) is 22.7 Å². The number of unbranched alkanes of at least 4 members (excludes halogenated alkanes) is 1. The fourth-order valence-corrected chi connectivity index (χ4v) is 5.25. The first-order valence-electron chi connectivity index (χ1n) is 12.6. The molecule has 0 spiro atoms. The summed E-state index contributed by atoms with van der Waals surface area (Å²) in [4.78, 5) is 48.5. The Morgan fingerprint density at radius 2 is 1.15 bits per heavy atom. The van der Waals surface area contributed by atoms with Gasteiger partial charge in [0.1, 0.15) is 15.0 Å². The predicted molar refractivity (Wildman–Crippen MR) is 151 cm³/mol. The van der Waals surface area contributed by atoms with Gasteiger partial charge in [0.05, 0.1) is 19.5 Å². The maximum absolute atomic E-state index is 12.2. The van der Waals surface area contributed by atoms with Crippen molar-refractivity contribution in [1.29, 1.82) is 0 Å². The number of nitrogens with zero attached hydrogens (tertiary/aromatic N) is 4. The van der Waals surface area contributed by atoms with Crippen molar-refractivity contribution < 1.29 is 19.2 Å². The first kappa shape index (κ1) is 28.6. The molecule has 2 heterocycles. The Morgan fingerprint density at radius 1 is 0.625 bits per heavy atom. The summed E-state index contributed by atoms with van der Waals surface area (Å²) in [6.07, 6.45) is 3.24. The van der Waals surface area contributed by atoms with Gasteiger partial charge >= 0.3 is 0 Å². The summed E-state index contributed by atoms with van der Waals surface area (Å²) in [5.74, 6) is -1.12. The number of anilines is 1. The SMILES string of the molecule is O=C(CNC(=O)c1ccccc1)Cc1nnc(CCCCc2nnc(NC(=O)CNC(=O)c3ccccc3)s2)s1. The minimum atomic E-state index is -0.379. The Hall–Kier alpha value is -4.36. The van der Waals surface area contributed by atoms with Crippen LogP contribution in [0.3, 0.4) is 0 Å². The van der Waals surface area contributed by atoms with Crippen LogP contribution in [0.4, 0.5) is 5.13 Å². The van der Waals surface area contributed by atoms with Gasteiger partial charge < -0.3 is 10.6 Å². The summed E-state index contributed by atoms with van der Waals surface area (Å²) in [7, 11) is 0. The van der Waals surface area contributed by atoms with Crippen molar-refractivity contribution >= 4 is 51.3 Å². The Labute approximate surface area is 238 Å². The van der Waals surface area contributed by atoms with Crippen LogP contribution in [0.15, 0.2) is 60.7 Å². The van der Waals surface area contributed by atoms with Crippen molar-refractivity contribution in [2.75, 3.05) is 18.4 Å². The highest BCUT2D eigenvalue weighted by Gasteiger charge is 2.13. The van der Waals surface area contributed by atoms with Crippen molar-refractivity contribution in [1.82, 2.24) is 31.0 Å². The van der Waals surface area contributed by atoms with E-state index < -0.39 is 0 Å². The van der Waals surface area contributed by atoms with Gasteiger partial charge in [-0.3, -0.25) is 24.5 Å². The van der Waals surface area contributed by atoms with Crippen molar-refractivity contribution in [3.63, 3.8) is 0 Å². The quantitative estimate of drug-likeness (QED) is 0.193. The van der Waals surface area contributed by atoms with Gasteiger partial charge in [-0.2, -0.15) is 0 Å². The normalized spacial score (nSPS) is 10.6. The molecule has 0 radical (unpaired) electrons. The lowest BCUT2D eigenvalue weighted by Gasteiger charge is -2.04. The number of carbonyl (C=O) groups excluding carboxylic acids is 4. The average Bonchev–Trinajstić information content (AvgIpc) is 3.62. The van der Waals surface area contributed by atoms with Crippen molar-refractivity contribution in [2.45, 2.75) is 32.1 Å². The highest BCUT2D eigenvalue weighted by Crippen LogP contribution is 2.19. The van der Waals surface area contributed by atoms with Crippen LogP contribution in [0.2, 0.25) is 0 Å². The third-order valence-electron chi connectivity index (χ3n) is 5.53. The third kappa shape index (κ3) is 9.13. The molecule has 3 amide bonds. The molecular weight excluding hydrogens is 550 g/mol. The van der Waals surface area contributed by atoms with Crippen LogP contribution in [-0.2, 0) is 28.9 Å². The number of benzene rings is 2. The smallest absolute Gasteiger partial charge is 0.251 e. The number of aromatic nitrogens is 4. The van der Waals surface area contributed by atoms with E-state index in [-0.39, 0.29) is 43.0 Å². The lowest BCUT2D eigenvalue weighted by Crippen LogP contribution is -2.32. The van der Waals surface area contributed by atoms with Gasteiger partial charge in [-0.25, -0.2) is 0 Å². The molecule has 3 N–H and O–H groups in total. The first-order chi connectivity index (χ1) is 19.5. The van der Waals surface area contributed by atoms with Crippen LogP contribution >= 0.6 is 22.7 Å². The molecule has 40 heavy (non-hydrogen) atoms. The molecule has 0 atom stereocenters. The van der Waals surface area contributed by atoms with E-state index in [0.717, 1.165) is 29.3 Å². The highest BCUT2D eigenvalue weighted by molar-refractivity contribution is 7.15. The van der Waals surface area contributed by atoms with Gasteiger partial charge in [-0.1, -0.05) is 47.7 Å². The summed E-state index contributed by atoms with van der Waals surface area (Å²) in [6, 6.07) is 17.4. The van der Waals surface area contributed by atoms with Gasteiger partial charge in [0.15, 0.2) is 5.78 Å². The minimum absolute atomic E-state index is 0.0603. The number of carbonyl (C=O) groups is 4. The van der Waals surface area contributed by atoms with E-state index in [0.29, 0.717) is 27.7 Å². The highest BCUT2D eigenvalue weighted by atomic mass is 32.1. The van der Waals surface area contributed by atoms with Crippen LogP contribution in [0.1, 0.15) is 48.6 Å². The fraction of sp³-hybridized carbons (Fsp3) is 0.259. The van der Waals surface area contributed by atoms with Crippen LogP contribution < -0.4 is 16.0 Å². The lowest BCUT2D eigenvalue weighted by molar-refractivity contribution is -0.117. The molecule has 0 fully saturated rings. The topological polar surface area (TPSA) is 156 Å². The number of hydrogen-bond donors (Lipinski definition) is 3. The minimum Gasteiger partial charge on any atom is -0.345 e. The number of aryl methyl sites for hydroxylation is 2. The molecule has 0 bridgehead atoms. The molecule has 0 saturated carbocycles. The summed E-state index contributed by atoms with van der Waals surface area (Å²) < 4.78 is 0. The van der Waals surface area contributed by atoms with Crippen LogP contribution in [0.5, 0.6) is 0 Å². The molecular formula is C27H27N7O4S2. The van der Waals surface area contributed by atoms with E-state index in [1.54, 1.807) is 48.5 Å². The number of rotatable bonds is 14. The molecule has 0 unspecified atom stereocenters. The summed E-state index contributed by atoms with van der Waals surface area (Å²) in [5, 5.41) is 26.9. The Balaban J connectivity index is 1.10. The Morgan fingerprint density at radius 3 is 1.77 bits per heavy atom. The monoisotopic (exact) mass is 577 g/mol. The van der Waals surface area contributed by atoms with E-state index >= 15 is 0 Å². The maximum atomic E-state index is 12.2. The van der Waals surface area contributed by atoms with Gasteiger partial charge in [0.25, 0.3) is 11.8 Å².